The summed E-state index contributed by atoms with van der Waals surface area (Å²) in [5.74, 6) is 0.675. The first-order valence-corrected chi connectivity index (χ1v) is 6.35. The summed E-state index contributed by atoms with van der Waals surface area (Å²) in [5.41, 5.74) is 8.31. The molecular weight excluding hydrogens is 246 g/mol. The molecule has 2 heterocycles. The number of aromatic nitrogens is 2. The Morgan fingerprint density at radius 1 is 1.28 bits per heavy atom. The SMILES string of the molecule is Cc1csc(Oc2ccc(N)c3cccnc23)n1. The van der Waals surface area contributed by atoms with Crippen LogP contribution in [0.2, 0.25) is 0 Å². The smallest absolute Gasteiger partial charge is 0.278 e. The number of ether oxygens (including phenoxy) is 1. The van der Waals surface area contributed by atoms with E-state index in [-0.39, 0.29) is 0 Å². The van der Waals surface area contributed by atoms with Crippen LogP contribution in [0.25, 0.3) is 10.9 Å². The largest absolute Gasteiger partial charge is 0.429 e. The van der Waals surface area contributed by atoms with E-state index >= 15 is 0 Å². The van der Waals surface area contributed by atoms with E-state index in [0.29, 0.717) is 16.6 Å². The van der Waals surface area contributed by atoms with Gasteiger partial charge in [-0.1, -0.05) is 11.3 Å². The Morgan fingerprint density at radius 2 is 2.17 bits per heavy atom. The van der Waals surface area contributed by atoms with Crippen LogP contribution in [0.1, 0.15) is 5.69 Å². The summed E-state index contributed by atoms with van der Waals surface area (Å²) in [5, 5.41) is 3.45. The van der Waals surface area contributed by atoms with Crippen molar-refractivity contribution in [3.05, 3.63) is 41.5 Å². The van der Waals surface area contributed by atoms with Crippen molar-refractivity contribution in [2.45, 2.75) is 6.92 Å². The van der Waals surface area contributed by atoms with Gasteiger partial charge in [0.2, 0.25) is 0 Å². The summed E-state index contributed by atoms with van der Waals surface area (Å²) in [6.45, 7) is 1.93. The lowest BCUT2D eigenvalue weighted by molar-refractivity contribution is 0.482. The Morgan fingerprint density at radius 3 is 2.94 bits per heavy atom. The number of pyridine rings is 1. The number of fused-ring (bicyclic) bond motifs is 1. The first-order chi connectivity index (χ1) is 8.74. The quantitative estimate of drug-likeness (QED) is 0.715. The van der Waals surface area contributed by atoms with E-state index in [1.807, 2.05) is 36.6 Å². The van der Waals surface area contributed by atoms with Crippen molar-refractivity contribution in [3.63, 3.8) is 0 Å². The summed E-state index contributed by atoms with van der Waals surface area (Å²) in [6, 6.07) is 7.43. The molecular formula is C13H11N3OS. The number of hydrogen-bond donors (Lipinski definition) is 1. The number of anilines is 1. The number of nitrogens with two attached hydrogens (primary N) is 1. The fourth-order valence-corrected chi connectivity index (χ4v) is 2.38. The highest BCUT2D eigenvalue weighted by atomic mass is 32.1. The van der Waals surface area contributed by atoms with Crippen molar-refractivity contribution in [2.24, 2.45) is 0 Å². The second-order valence-electron chi connectivity index (χ2n) is 3.91. The van der Waals surface area contributed by atoms with Gasteiger partial charge in [-0.2, -0.15) is 0 Å². The molecule has 0 aliphatic carbocycles. The molecule has 18 heavy (non-hydrogen) atoms. The Kier molecular flexibility index (Phi) is 2.60. The molecule has 90 valence electrons. The van der Waals surface area contributed by atoms with Crippen LogP contribution in [-0.2, 0) is 0 Å². The molecule has 3 aromatic rings. The van der Waals surface area contributed by atoms with Crippen molar-refractivity contribution < 1.29 is 4.74 Å². The maximum absolute atomic E-state index is 5.91. The van der Waals surface area contributed by atoms with Gasteiger partial charge >= 0.3 is 0 Å². The Balaban J connectivity index is 2.09. The molecule has 5 heteroatoms. The molecule has 0 unspecified atom stereocenters. The summed E-state index contributed by atoms with van der Waals surface area (Å²) in [4.78, 5) is 8.59. The molecule has 0 fully saturated rings. The van der Waals surface area contributed by atoms with E-state index in [1.54, 1.807) is 6.20 Å². The van der Waals surface area contributed by atoms with Crippen LogP contribution < -0.4 is 10.5 Å². The van der Waals surface area contributed by atoms with Crippen molar-refractivity contribution in [3.8, 4) is 10.9 Å². The highest BCUT2D eigenvalue weighted by Gasteiger charge is 2.08. The van der Waals surface area contributed by atoms with Gasteiger partial charge in [-0.15, -0.1) is 0 Å². The van der Waals surface area contributed by atoms with Gasteiger partial charge in [-0.25, -0.2) is 4.98 Å². The van der Waals surface area contributed by atoms with Gasteiger partial charge < -0.3 is 10.5 Å². The minimum atomic E-state index is 0.615. The zero-order valence-corrected chi connectivity index (χ0v) is 10.6. The summed E-state index contributed by atoms with van der Waals surface area (Å²) >= 11 is 1.46. The molecule has 4 nitrogen and oxygen atoms in total. The highest BCUT2D eigenvalue weighted by molar-refractivity contribution is 7.11. The minimum absolute atomic E-state index is 0.615. The first-order valence-electron chi connectivity index (χ1n) is 5.47. The highest BCUT2D eigenvalue weighted by Crippen LogP contribution is 2.32. The van der Waals surface area contributed by atoms with Crippen LogP contribution in [0.4, 0.5) is 5.69 Å². The number of benzene rings is 1. The fraction of sp³-hybridized carbons (Fsp3) is 0.0769. The number of nitrogens with zero attached hydrogens (tertiary/aromatic N) is 2. The average Bonchev–Trinajstić information content (AvgIpc) is 2.79. The van der Waals surface area contributed by atoms with Crippen LogP contribution in [0, 0.1) is 6.92 Å². The predicted molar refractivity (Wildman–Crippen MR) is 73.1 cm³/mol. The Hall–Kier alpha value is -2.14. The molecule has 2 aromatic heterocycles. The monoisotopic (exact) mass is 257 g/mol. The van der Waals surface area contributed by atoms with Crippen LogP contribution in [0.15, 0.2) is 35.8 Å². The number of hydrogen-bond acceptors (Lipinski definition) is 5. The number of nitrogen functional groups attached to an aromatic ring is 1. The van der Waals surface area contributed by atoms with Gasteiger partial charge in [0.05, 0.1) is 5.69 Å². The van der Waals surface area contributed by atoms with Gasteiger partial charge in [0.15, 0.2) is 5.75 Å². The van der Waals surface area contributed by atoms with Gasteiger partial charge in [-0.05, 0) is 31.2 Å². The molecule has 3 rings (SSSR count). The molecule has 0 aliphatic heterocycles. The third kappa shape index (κ3) is 1.89. The first kappa shape index (κ1) is 11.0. The Bertz CT molecular complexity index is 708. The lowest BCUT2D eigenvalue weighted by Gasteiger charge is -2.07. The van der Waals surface area contributed by atoms with Gasteiger partial charge in [0, 0.05) is 22.7 Å². The Labute approximate surface area is 108 Å². The molecule has 0 atom stereocenters. The predicted octanol–water partition coefficient (Wildman–Crippen LogP) is 3.37. The average molecular weight is 257 g/mol. The van der Waals surface area contributed by atoms with Crippen molar-refractivity contribution in [1.82, 2.24) is 9.97 Å². The molecule has 0 spiro atoms. The third-order valence-corrected chi connectivity index (χ3v) is 3.40. The van der Waals surface area contributed by atoms with E-state index < -0.39 is 0 Å². The zero-order chi connectivity index (χ0) is 12.5. The van der Waals surface area contributed by atoms with Crippen LogP contribution in [-0.4, -0.2) is 9.97 Å². The maximum Gasteiger partial charge on any atom is 0.278 e. The van der Waals surface area contributed by atoms with Crippen molar-refractivity contribution >= 4 is 27.9 Å². The molecule has 0 bridgehead atoms. The second-order valence-corrected chi connectivity index (χ2v) is 4.73. The van der Waals surface area contributed by atoms with Crippen molar-refractivity contribution in [2.75, 3.05) is 5.73 Å². The van der Waals surface area contributed by atoms with Gasteiger partial charge in [-0.3, -0.25) is 4.98 Å². The van der Waals surface area contributed by atoms with E-state index in [4.69, 9.17) is 10.5 Å². The fourth-order valence-electron chi connectivity index (χ4n) is 1.72. The number of thiazole rings is 1. The van der Waals surface area contributed by atoms with Gasteiger partial charge in [0.25, 0.3) is 5.19 Å². The standard InChI is InChI=1S/C13H11N3OS/c1-8-7-18-13(16-8)17-11-5-4-10(14)9-3-2-6-15-12(9)11/h2-7H,14H2,1H3. The van der Waals surface area contributed by atoms with Crippen LogP contribution in [0.5, 0.6) is 10.9 Å². The summed E-state index contributed by atoms with van der Waals surface area (Å²) in [6.07, 6.45) is 1.72. The number of aryl methyl sites for hydroxylation is 1. The van der Waals surface area contributed by atoms with Crippen LogP contribution >= 0.6 is 11.3 Å². The van der Waals surface area contributed by atoms with Crippen LogP contribution in [0.3, 0.4) is 0 Å². The molecule has 1 aromatic carbocycles. The van der Waals surface area contributed by atoms with E-state index in [2.05, 4.69) is 9.97 Å². The minimum Gasteiger partial charge on any atom is -0.429 e. The normalized spacial score (nSPS) is 10.7. The topological polar surface area (TPSA) is 61.0 Å². The molecule has 0 saturated carbocycles. The lowest BCUT2D eigenvalue weighted by atomic mass is 10.2. The molecule has 0 aliphatic rings. The van der Waals surface area contributed by atoms with E-state index in [9.17, 15) is 0 Å². The lowest BCUT2D eigenvalue weighted by Crippen LogP contribution is -1.92. The summed E-state index contributed by atoms with van der Waals surface area (Å²) in [7, 11) is 0. The van der Waals surface area contributed by atoms with E-state index in [1.165, 1.54) is 11.3 Å². The maximum atomic E-state index is 5.91. The second kappa shape index (κ2) is 4.27. The van der Waals surface area contributed by atoms with Gasteiger partial charge in [0.1, 0.15) is 5.52 Å². The molecule has 0 amide bonds. The summed E-state index contributed by atoms with van der Waals surface area (Å²) < 4.78 is 5.76. The zero-order valence-electron chi connectivity index (χ0n) is 9.75. The number of rotatable bonds is 2. The van der Waals surface area contributed by atoms with Crippen molar-refractivity contribution in [1.29, 1.82) is 0 Å². The molecule has 0 radical (unpaired) electrons. The molecule has 2 N–H and O–H groups in total. The third-order valence-electron chi connectivity index (χ3n) is 2.56. The molecule has 0 saturated heterocycles. The van der Waals surface area contributed by atoms with E-state index in [0.717, 1.165) is 16.6 Å².